The molecule has 0 N–H and O–H groups in total. The average Bonchev–Trinajstić information content (AvgIpc) is 3.23. The van der Waals surface area contributed by atoms with Crippen LogP contribution in [0.1, 0.15) is 76.3 Å². The normalized spacial score (nSPS) is 29.0. The number of unbranched alkanes of at least 4 members (excludes halogenated alkanes) is 1. The average molecular weight is 320 g/mol. The number of nitrogens with zero attached hydrogens (tertiary/aromatic N) is 1. The summed E-state index contributed by atoms with van der Waals surface area (Å²) in [5.41, 5.74) is 1.35. The van der Waals surface area contributed by atoms with Crippen LogP contribution in [-0.4, -0.2) is 17.4 Å². The number of amides is 1. The van der Waals surface area contributed by atoms with Crippen molar-refractivity contribution >= 4 is 17.2 Å². The molecule has 0 spiro atoms. The minimum atomic E-state index is 0.303. The summed E-state index contributed by atoms with van der Waals surface area (Å²) in [6, 6.07) is 2.55. The second-order valence-electron chi connectivity index (χ2n) is 7.11. The minimum Gasteiger partial charge on any atom is -0.335 e. The Bertz CT molecular complexity index is 462. The molecule has 0 aromatic carbocycles. The molecule has 2 nitrogen and oxygen atoms in total. The molecule has 22 heavy (non-hydrogen) atoms. The van der Waals surface area contributed by atoms with Crippen molar-refractivity contribution in [1.29, 1.82) is 0 Å². The molecule has 3 rings (SSSR count). The first-order valence-corrected chi connectivity index (χ1v) is 10.1. The number of likely N-dealkylation sites (tertiary alicyclic amines) is 1. The predicted molar refractivity (Wildman–Crippen MR) is 93.0 cm³/mol. The Kier molecular flexibility index (Phi) is 5.56. The Labute approximate surface area is 138 Å². The molecule has 1 atom stereocenters. The van der Waals surface area contributed by atoms with Gasteiger partial charge in [0, 0.05) is 12.5 Å². The molecule has 0 bridgehead atoms. The van der Waals surface area contributed by atoms with Crippen molar-refractivity contribution < 1.29 is 4.79 Å². The third-order valence-electron chi connectivity index (χ3n) is 5.63. The van der Waals surface area contributed by atoms with Crippen LogP contribution in [0.25, 0.3) is 0 Å². The van der Waals surface area contributed by atoms with Crippen molar-refractivity contribution in [2.45, 2.75) is 70.8 Å². The second kappa shape index (κ2) is 7.63. The zero-order valence-corrected chi connectivity index (χ0v) is 14.6. The Morgan fingerprint density at radius 2 is 2.09 bits per heavy atom. The van der Waals surface area contributed by atoms with Gasteiger partial charge in [-0.2, -0.15) is 11.3 Å². The highest BCUT2D eigenvalue weighted by Crippen LogP contribution is 2.38. The summed E-state index contributed by atoms with van der Waals surface area (Å²) in [5.74, 6) is 1.63. The van der Waals surface area contributed by atoms with Crippen molar-refractivity contribution in [1.82, 2.24) is 4.90 Å². The van der Waals surface area contributed by atoms with E-state index in [-0.39, 0.29) is 0 Å². The molecule has 1 aromatic rings. The fourth-order valence-electron chi connectivity index (χ4n) is 4.27. The maximum Gasteiger partial charge on any atom is 0.226 e. The largest absolute Gasteiger partial charge is 0.335 e. The summed E-state index contributed by atoms with van der Waals surface area (Å²) in [5, 5.41) is 4.35. The van der Waals surface area contributed by atoms with Gasteiger partial charge in [0.25, 0.3) is 0 Å². The number of hydrogen-bond acceptors (Lipinski definition) is 2. The molecule has 1 aromatic heterocycles. The maximum absolute atomic E-state index is 13.0. The van der Waals surface area contributed by atoms with Crippen LogP contribution in [0.2, 0.25) is 0 Å². The van der Waals surface area contributed by atoms with Gasteiger partial charge >= 0.3 is 0 Å². The molecular weight excluding hydrogens is 290 g/mol. The van der Waals surface area contributed by atoms with Gasteiger partial charge in [0.15, 0.2) is 0 Å². The Balaban J connectivity index is 1.55. The van der Waals surface area contributed by atoms with E-state index in [9.17, 15) is 4.79 Å². The number of rotatable bonds is 5. The molecule has 1 saturated carbocycles. The molecule has 1 aliphatic carbocycles. The van der Waals surface area contributed by atoms with Gasteiger partial charge in [-0.3, -0.25) is 4.79 Å². The quantitative estimate of drug-likeness (QED) is 0.710. The monoisotopic (exact) mass is 319 g/mol. The molecule has 2 fully saturated rings. The lowest BCUT2D eigenvalue weighted by Gasteiger charge is -2.33. The highest BCUT2D eigenvalue weighted by Gasteiger charge is 2.35. The van der Waals surface area contributed by atoms with Crippen LogP contribution in [0.15, 0.2) is 16.8 Å². The lowest BCUT2D eigenvalue weighted by molar-refractivity contribution is -0.137. The predicted octanol–water partition coefficient (Wildman–Crippen LogP) is 5.41. The van der Waals surface area contributed by atoms with E-state index in [1.54, 1.807) is 11.3 Å². The van der Waals surface area contributed by atoms with E-state index in [1.165, 1.54) is 37.7 Å². The van der Waals surface area contributed by atoms with Gasteiger partial charge in [-0.25, -0.2) is 0 Å². The smallest absolute Gasteiger partial charge is 0.226 e. The van der Waals surface area contributed by atoms with Crippen LogP contribution < -0.4 is 0 Å². The van der Waals surface area contributed by atoms with Gasteiger partial charge in [-0.05, 0) is 66.8 Å². The van der Waals surface area contributed by atoms with Crippen molar-refractivity contribution in [3.8, 4) is 0 Å². The van der Waals surface area contributed by atoms with Crippen LogP contribution in [-0.2, 0) is 4.79 Å². The van der Waals surface area contributed by atoms with Crippen LogP contribution in [0.4, 0.5) is 0 Å². The fraction of sp³-hybridized carbons (Fsp3) is 0.737. The molecule has 1 unspecified atom stereocenters. The highest BCUT2D eigenvalue weighted by molar-refractivity contribution is 7.07. The fourth-order valence-corrected chi connectivity index (χ4v) is 4.97. The van der Waals surface area contributed by atoms with E-state index in [0.29, 0.717) is 17.9 Å². The first-order valence-electron chi connectivity index (χ1n) is 9.12. The summed E-state index contributed by atoms with van der Waals surface area (Å²) in [7, 11) is 0. The molecule has 0 radical (unpaired) electrons. The number of carbonyl (C=O) groups is 1. The van der Waals surface area contributed by atoms with Crippen LogP contribution in [0.3, 0.4) is 0 Å². The Morgan fingerprint density at radius 1 is 1.27 bits per heavy atom. The SMILES string of the molecule is CCCCC1CCC(C(=O)N2CCCC2c2ccsc2)CC1. The first-order chi connectivity index (χ1) is 10.8. The lowest BCUT2D eigenvalue weighted by atomic mass is 9.79. The van der Waals surface area contributed by atoms with Gasteiger partial charge in [0.05, 0.1) is 6.04 Å². The van der Waals surface area contributed by atoms with E-state index in [4.69, 9.17) is 0 Å². The standard InChI is InChI=1S/C19H29NOS/c1-2-3-5-15-7-9-16(10-8-15)19(21)20-12-4-6-18(20)17-11-13-22-14-17/h11,13-16,18H,2-10,12H2,1H3. The summed E-state index contributed by atoms with van der Waals surface area (Å²) < 4.78 is 0. The Morgan fingerprint density at radius 3 is 2.77 bits per heavy atom. The topological polar surface area (TPSA) is 20.3 Å². The summed E-state index contributed by atoms with van der Waals surface area (Å²) in [4.78, 5) is 15.1. The van der Waals surface area contributed by atoms with Gasteiger partial charge < -0.3 is 4.90 Å². The number of thiophene rings is 1. The third-order valence-corrected chi connectivity index (χ3v) is 6.33. The molecule has 2 aliphatic rings. The third kappa shape index (κ3) is 3.56. The van der Waals surface area contributed by atoms with Crippen LogP contribution in [0.5, 0.6) is 0 Å². The summed E-state index contributed by atoms with van der Waals surface area (Å²) in [6.45, 7) is 3.24. The first kappa shape index (κ1) is 16.0. The van der Waals surface area contributed by atoms with E-state index < -0.39 is 0 Å². The van der Waals surface area contributed by atoms with E-state index in [1.807, 2.05) is 0 Å². The van der Waals surface area contributed by atoms with Crippen molar-refractivity contribution in [2.24, 2.45) is 11.8 Å². The molecule has 122 valence electrons. The number of hydrogen-bond donors (Lipinski definition) is 0. The van der Waals surface area contributed by atoms with Crippen molar-refractivity contribution in [2.75, 3.05) is 6.54 Å². The molecular formula is C19H29NOS. The summed E-state index contributed by atoms with van der Waals surface area (Å²) >= 11 is 1.75. The lowest BCUT2D eigenvalue weighted by Crippen LogP contribution is -2.37. The van der Waals surface area contributed by atoms with Gasteiger partial charge in [0.2, 0.25) is 5.91 Å². The minimum absolute atomic E-state index is 0.303. The molecule has 1 aliphatic heterocycles. The van der Waals surface area contributed by atoms with Gasteiger partial charge in [-0.15, -0.1) is 0 Å². The molecule has 1 saturated heterocycles. The van der Waals surface area contributed by atoms with Crippen LogP contribution in [0, 0.1) is 11.8 Å². The second-order valence-corrected chi connectivity index (χ2v) is 7.89. The number of carbonyl (C=O) groups excluding carboxylic acids is 1. The summed E-state index contributed by atoms with van der Waals surface area (Å²) in [6.07, 6.45) is 11.1. The van der Waals surface area contributed by atoms with Crippen LogP contribution >= 0.6 is 11.3 Å². The van der Waals surface area contributed by atoms with Crippen molar-refractivity contribution in [3.05, 3.63) is 22.4 Å². The molecule has 2 heterocycles. The van der Waals surface area contributed by atoms with E-state index >= 15 is 0 Å². The van der Waals surface area contributed by atoms with E-state index in [0.717, 1.165) is 38.1 Å². The highest BCUT2D eigenvalue weighted by atomic mass is 32.1. The zero-order chi connectivity index (χ0) is 15.4. The van der Waals surface area contributed by atoms with E-state index in [2.05, 4.69) is 28.7 Å². The Hall–Kier alpha value is -0.830. The van der Waals surface area contributed by atoms with Gasteiger partial charge in [-0.1, -0.05) is 26.2 Å². The van der Waals surface area contributed by atoms with Gasteiger partial charge in [0.1, 0.15) is 0 Å². The zero-order valence-electron chi connectivity index (χ0n) is 13.8. The molecule has 3 heteroatoms. The maximum atomic E-state index is 13.0. The molecule has 1 amide bonds. The van der Waals surface area contributed by atoms with Crippen molar-refractivity contribution in [3.63, 3.8) is 0 Å².